The number of aliphatic hydroxyl groups excluding tert-OH is 1. The predicted molar refractivity (Wildman–Crippen MR) is 108 cm³/mol. The Bertz CT molecular complexity index is 897. The number of hydrogen-bond donors (Lipinski definition) is 1. The van der Waals surface area contributed by atoms with Crippen molar-refractivity contribution < 1.29 is 19.4 Å². The second-order valence-corrected chi connectivity index (χ2v) is 6.99. The molecule has 5 nitrogen and oxygen atoms in total. The van der Waals surface area contributed by atoms with Gasteiger partial charge in [0.2, 0.25) is 0 Å². The van der Waals surface area contributed by atoms with Crippen molar-refractivity contribution in [2.75, 3.05) is 13.7 Å². The zero-order chi connectivity index (χ0) is 20.3. The van der Waals surface area contributed by atoms with E-state index in [0.717, 1.165) is 24.0 Å². The number of Topliss-reactive ketones (excluding diaryl/α,β-unsaturated/α-hetero) is 1. The first-order valence-corrected chi connectivity index (χ1v) is 9.47. The number of amides is 1. The summed E-state index contributed by atoms with van der Waals surface area (Å²) in [4.78, 5) is 27.1. The molecule has 2 aromatic carbocycles. The monoisotopic (exact) mass is 379 g/mol. The molecule has 28 heavy (non-hydrogen) atoms. The van der Waals surface area contributed by atoms with Crippen molar-refractivity contribution in [1.82, 2.24) is 4.90 Å². The zero-order valence-corrected chi connectivity index (χ0v) is 16.4. The largest absolute Gasteiger partial charge is 0.507 e. The van der Waals surface area contributed by atoms with E-state index in [1.54, 1.807) is 36.3 Å². The molecule has 1 heterocycles. The number of ketones is 1. The molecule has 1 fully saturated rings. The highest BCUT2D eigenvalue weighted by atomic mass is 16.5. The number of hydrogen-bond acceptors (Lipinski definition) is 4. The highest BCUT2D eigenvalue weighted by molar-refractivity contribution is 6.46. The third kappa shape index (κ3) is 3.65. The molecule has 0 saturated carbocycles. The maximum absolute atomic E-state index is 12.8. The third-order valence-corrected chi connectivity index (χ3v) is 5.05. The summed E-state index contributed by atoms with van der Waals surface area (Å²) in [5.74, 6) is -0.663. The van der Waals surface area contributed by atoms with Crippen LogP contribution in [-0.4, -0.2) is 35.4 Å². The standard InChI is InChI=1S/C23H25NO4/c1-4-5-14-24-20(16-10-12-18(28-3)13-11-16)19(22(26)23(24)27)21(25)17-8-6-15(2)7-9-17/h6-13,20,25H,4-5,14H2,1-3H3. The summed E-state index contributed by atoms with van der Waals surface area (Å²) in [5, 5.41) is 10.9. The normalized spacial score (nSPS) is 18.5. The molecule has 1 atom stereocenters. The van der Waals surface area contributed by atoms with Crippen LogP contribution in [-0.2, 0) is 9.59 Å². The van der Waals surface area contributed by atoms with Gasteiger partial charge in [-0.05, 0) is 31.0 Å². The Labute approximate surface area is 165 Å². The summed E-state index contributed by atoms with van der Waals surface area (Å²) in [7, 11) is 1.58. The van der Waals surface area contributed by atoms with Crippen molar-refractivity contribution in [3.63, 3.8) is 0 Å². The molecule has 146 valence electrons. The van der Waals surface area contributed by atoms with E-state index in [0.29, 0.717) is 17.9 Å². The SMILES string of the molecule is CCCCN1C(=O)C(=O)C(=C(O)c2ccc(C)cc2)C1c1ccc(OC)cc1. The molecule has 1 aliphatic heterocycles. The molecule has 3 rings (SSSR count). The van der Waals surface area contributed by atoms with Crippen molar-refractivity contribution in [3.05, 3.63) is 70.8 Å². The van der Waals surface area contributed by atoms with Crippen LogP contribution >= 0.6 is 0 Å². The average molecular weight is 379 g/mol. The Kier molecular flexibility index (Phi) is 5.83. The van der Waals surface area contributed by atoms with Gasteiger partial charge in [-0.25, -0.2) is 0 Å². The maximum Gasteiger partial charge on any atom is 0.295 e. The van der Waals surface area contributed by atoms with Crippen molar-refractivity contribution in [3.8, 4) is 5.75 Å². The van der Waals surface area contributed by atoms with Gasteiger partial charge in [-0.1, -0.05) is 55.3 Å². The number of aliphatic hydroxyl groups is 1. The minimum absolute atomic E-state index is 0.134. The fraction of sp³-hybridized carbons (Fsp3) is 0.304. The Balaban J connectivity index is 2.13. The van der Waals surface area contributed by atoms with E-state index in [1.807, 2.05) is 38.1 Å². The number of rotatable bonds is 6. The molecule has 0 aromatic heterocycles. The predicted octanol–water partition coefficient (Wildman–Crippen LogP) is 4.23. The number of unbranched alkanes of at least 4 members (excludes halogenated alkanes) is 1. The number of carbonyl (C=O) groups excluding carboxylic acids is 2. The number of ether oxygens (including phenoxy) is 1. The van der Waals surface area contributed by atoms with Gasteiger partial charge in [0, 0.05) is 12.1 Å². The van der Waals surface area contributed by atoms with E-state index in [9.17, 15) is 14.7 Å². The van der Waals surface area contributed by atoms with Crippen LogP contribution in [0, 0.1) is 6.92 Å². The maximum atomic E-state index is 12.8. The number of carbonyl (C=O) groups is 2. The van der Waals surface area contributed by atoms with Gasteiger partial charge >= 0.3 is 0 Å². The van der Waals surface area contributed by atoms with Crippen LogP contribution < -0.4 is 4.74 Å². The van der Waals surface area contributed by atoms with Crippen LogP contribution in [0.2, 0.25) is 0 Å². The molecule has 1 amide bonds. The van der Waals surface area contributed by atoms with Crippen molar-refractivity contribution in [1.29, 1.82) is 0 Å². The fourth-order valence-electron chi connectivity index (χ4n) is 3.44. The van der Waals surface area contributed by atoms with Crippen LogP contribution in [0.25, 0.3) is 5.76 Å². The van der Waals surface area contributed by atoms with Gasteiger partial charge in [0.05, 0.1) is 18.7 Å². The number of likely N-dealkylation sites (tertiary alicyclic amines) is 1. The first-order valence-electron chi connectivity index (χ1n) is 9.47. The number of aryl methyl sites for hydroxylation is 1. The summed E-state index contributed by atoms with van der Waals surface area (Å²) in [6.45, 7) is 4.44. The lowest BCUT2D eigenvalue weighted by molar-refractivity contribution is -0.139. The van der Waals surface area contributed by atoms with E-state index in [-0.39, 0.29) is 11.3 Å². The Hall–Kier alpha value is -3.08. The van der Waals surface area contributed by atoms with Crippen LogP contribution in [0.1, 0.15) is 42.5 Å². The third-order valence-electron chi connectivity index (χ3n) is 5.05. The quantitative estimate of drug-likeness (QED) is 0.463. The molecule has 1 unspecified atom stereocenters. The Morgan fingerprint density at radius 3 is 2.29 bits per heavy atom. The van der Waals surface area contributed by atoms with Crippen LogP contribution in [0.3, 0.4) is 0 Å². The lowest BCUT2D eigenvalue weighted by Gasteiger charge is -2.25. The van der Waals surface area contributed by atoms with Gasteiger partial charge in [0.25, 0.3) is 11.7 Å². The topological polar surface area (TPSA) is 66.8 Å². The summed E-state index contributed by atoms with van der Waals surface area (Å²) in [6.07, 6.45) is 1.68. The van der Waals surface area contributed by atoms with Crippen molar-refractivity contribution in [2.24, 2.45) is 0 Å². The molecule has 2 aromatic rings. The van der Waals surface area contributed by atoms with Crippen LogP contribution in [0.15, 0.2) is 54.1 Å². The summed E-state index contributed by atoms with van der Waals surface area (Å²) in [6, 6.07) is 13.9. The van der Waals surface area contributed by atoms with Gasteiger partial charge < -0.3 is 14.7 Å². The molecular weight excluding hydrogens is 354 g/mol. The summed E-state index contributed by atoms with van der Waals surface area (Å²) in [5.41, 5.74) is 2.48. The van der Waals surface area contributed by atoms with E-state index in [1.165, 1.54) is 0 Å². The lowest BCUT2D eigenvalue weighted by atomic mass is 9.95. The van der Waals surface area contributed by atoms with E-state index in [2.05, 4.69) is 0 Å². The molecule has 0 bridgehead atoms. The van der Waals surface area contributed by atoms with E-state index in [4.69, 9.17) is 4.74 Å². The van der Waals surface area contributed by atoms with Crippen molar-refractivity contribution in [2.45, 2.75) is 32.7 Å². The highest BCUT2D eigenvalue weighted by Gasteiger charge is 2.45. The summed E-state index contributed by atoms with van der Waals surface area (Å²) < 4.78 is 5.21. The van der Waals surface area contributed by atoms with Crippen LogP contribution in [0.4, 0.5) is 0 Å². The summed E-state index contributed by atoms with van der Waals surface area (Å²) >= 11 is 0. The van der Waals surface area contributed by atoms with Crippen molar-refractivity contribution >= 4 is 17.4 Å². The highest BCUT2D eigenvalue weighted by Crippen LogP contribution is 2.39. The molecule has 5 heteroatoms. The minimum Gasteiger partial charge on any atom is -0.507 e. The van der Waals surface area contributed by atoms with Gasteiger partial charge in [-0.15, -0.1) is 0 Å². The van der Waals surface area contributed by atoms with E-state index < -0.39 is 17.7 Å². The van der Waals surface area contributed by atoms with Gasteiger partial charge in [0.15, 0.2) is 0 Å². The number of methoxy groups -OCH3 is 1. The fourth-order valence-corrected chi connectivity index (χ4v) is 3.44. The Morgan fingerprint density at radius 2 is 1.71 bits per heavy atom. The number of benzene rings is 2. The van der Waals surface area contributed by atoms with Gasteiger partial charge in [-0.2, -0.15) is 0 Å². The molecular formula is C23H25NO4. The first-order chi connectivity index (χ1) is 13.5. The van der Waals surface area contributed by atoms with E-state index >= 15 is 0 Å². The second kappa shape index (κ2) is 8.30. The van der Waals surface area contributed by atoms with Gasteiger partial charge in [0.1, 0.15) is 11.5 Å². The smallest absolute Gasteiger partial charge is 0.295 e. The van der Waals surface area contributed by atoms with Gasteiger partial charge in [-0.3, -0.25) is 9.59 Å². The molecule has 1 saturated heterocycles. The number of nitrogens with zero attached hydrogens (tertiary/aromatic N) is 1. The second-order valence-electron chi connectivity index (χ2n) is 6.99. The molecule has 0 aliphatic carbocycles. The molecule has 0 radical (unpaired) electrons. The Morgan fingerprint density at radius 1 is 1.07 bits per heavy atom. The average Bonchev–Trinajstić information content (AvgIpc) is 2.97. The minimum atomic E-state index is -0.644. The molecule has 1 N–H and O–H groups in total. The first kappa shape index (κ1) is 19.7. The molecule has 1 aliphatic rings. The lowest BCUT2D eigenvalue weighted by Crippen LogP contribution is -2.30. The zero-order valence-electron chi connectivity index (χ0n) is 16.4. The van der Waals surface area contributed by atoms with Crippen LogP contribution in [0.5, 0.6) is 5.75 Å². The molecule has 0 spiro atoms.